The van der Waals surface area contributed by atoms with E-state index in [1.54, 1.807) is 6.07 Å². The van der Waals surface area contributed by atoms with E-state index in [0.29, 0.717) is 17.9 Å². The number of rotatable bonds is 5. The maximum atomic E-state index is 13.3. The molecule has 21 heavy (non-hydrogen) atoms. The first-order valence-electron chi connectivity index (χ1n) is 7.56. The third-order valence-corrected chi connectivity index (χ3v) is 5.49. The lowest BCUT2D eigenvalue weighted by Gasteiger charge is -2.30. The van der Waals surface area contributed by atoms with E-state index in [9.17, 15) is 9.18 Å². The predicted octanol–water partition coefficient (Wildman–Crippen LogP) is 5.14. The van der Waals surface area contributed by atoms with E-state index < -0.39 is 5.82 Å². The summed E-state index contributed by atoms with van der Waals surface area (Å²) in [7, 11) is 0. The Morgan fingerprint density at radius 2 is 1.95 bits per heavy atom. The first-order chi connectivity index (χ1) is 10.1. The lowest BCUT2D eigenvalue weighted by molar-refractivity contribution is 0.100. The Labute approximate surface area is 134 Å². The normalized spacial score (nSPS) is 18.0. The number of benzene rings is 1. The van der Waals surface area contributed by atoms with Crippen molar-refractivity contribution in [2.24, 2.45) is 5.41 Å². The van der Waals surface area contributed by atoms with Gasteiger partial charge < -0.3 is 4.74 Å². The van der Waals surface area contributed by atoms with Gasteiger partial charge in [-0.3, -0.25) is 4.79 Å². The second kappa shape index (κ2) is 7.39. The largest absolute Gasteiger partial charge is 0.492 e. The molecular weight excluding hydrogens is 335 g/mol. The number of alkyl halides is 1. The van der Waals surface area contributed by atoms with Gasteiger partial charge in [0.25, 0.3) is 0 Å². The van der Waals surface area contributed by atoms with Gasteiger partial charge in [-0.1, -0.05) is 41.6 Å². The van der Waals surface area contributed by atoms with Gasteiger partial charge in [0.1, 0.15) is 11.6 Å². The fraction of sp³-hybridized carbons (Fsp3) is 0.588. The summed E-state index contributed by atoms with van der Waals surface area (Å²) in [5, 5.41) is 0.899. The molecule has 0 spiro atoms. The highest BCUT2D eigenvalue weighted by Gasteiger charge is 2.31. The van der Waals surface area contributed by atoms with Gasteiger partial charge in [0.15, 0.2) is 5.78 Å². The van der Waals surface area contributed by atoms with Crippen molar-refractivity contribution in [1.82, 2.24) is 0 Å². The van der Waals surface area contributed by atoms with Crippen molar-refractivity contribution in [3.63, 3.8) is 0 Å². The van der Waals surface area contributed by atoms with Crippen LogP contribution < -0.4 is 4.74 Å². The molecule has 0 atom stereocenters. The van der Waals surface area contributed by atoms with Crippen LogP contribution in [0.3, 0.4) is 0 Å². The van der Waals surface area contributed by atoms with E-state index in [4.69, 9.17) is 4.74 Å². The Balaban J connectivity index is 2.12. The van der Waals surface area contributed by atoms with E-state index >= 15 is 0 Å². The molecule has 0 radical (unpaired) electrons. The summed E-state index contributed by atoms with van der Waals surface area (Å²) in [6.07, 6.45) is 7.27. The van der Waals surface area contributed by atoms with Crippen LogP contribution in [0.2, 0.25) is 0 Å². The molecule has 0 aliphatic heterocycles. The summed E-state index contributed by atoms with van der Waals surface area (Å²) < 4.78 is 19.2. The van der Waals surface area contributed by atoms with Crippen LogP contribution in [0, 0.1) is 11.2 Å². The van der Waals surface area contributed by atoms with Gasteiger partial charge in [0, 0.05) is 10.7 Å². The quantitative estimate of drug-likeness (QED) is 0.414. The maximum absolute atomic E-state index is 13.3. The molecule has 1 aromatic rings. The number of halogens is 2. The monoisotopic (exact) mass is 356 g/mol. The Morgan fingerprint density at radius 1 is 1.29 bits per heavy atom. The number of hydrogen-bond donors (Lipinski definition) is 0. The summed E-state index contributed by atoms with van der Waals surface area (Å²) in [5.74, 6) is -0.0797. The van der Waals surface area contributed by atoms with Gasteiger partial charge >= 0.3 is 0 Å². The second-order valence-electron chi connectivity index (χ2n) is 6.03. The highest BCUT2D eigenvalue weighted by atomic mass is 79.9. The number of Topliss-reactive ketones (excluding diaryl/α,β-unsaturated/α-hetero) is 1. The van der Waals surface area contributed by atoms with Gasteiger partial charge in [-0.25, -0.2) is 4.39 Å². The van der Waals surface area contributed by atoms with Gasteiger partial charge in [0.05, 0.1) is 12.2 Å². The van der Waals surface area contributed by atoms with E-state index in [-0.39, 0.29) is 11.2 Å². The maximum Gasteiger partial charge on any atom is 0.163 e. The third-order valence-electron chi connectivity index (χ3n) is 4.30. The molecular formula is C17H22BrFO2. The Hall–Kier alpha value is -0.900. The van der Waals surface area contributed by atoms with E-state index in [2.05, 4.69) is 15.9 Å². The van der Waals surface area contributed by atoms with Crippen LogP contribution in [0.4, 0.5) is 4.39 Å². The van der Waals surface area contributed by atoms with Crippen molar-refractivity contribution >= 4 is 21.7 Å². The second-order valence-corrected chi connectivity index (χ2v) is 6.59. The summed E-state index contributed by atoms with van der Waals surface area (Å²) in [6, 6.07) is 4.16. The Morgan fingerprint density at radius 3 is 2.52 bits per heavy atom. The van der Waals surface area contributed by atoms with Crippen LogP contribution in [0.25, 0.3) is 0 Å². The first-order valence-corrected chi connectivity index (χ1v) is 8.68. The fourth-order valence-corrected chi connectivity index (χ4v) is 3.65. The van der Waals surface area contributed by atoms with Crippen molar-refractivity contribution in [1.29, 1.82) is 0 Å². The summed E-state index contributed by atoms with van der Waals surface area (Å²) in [4.78, 5) is 11.6. The molecule has 2 rings (SSSR count). The van der Waals surface area contributed by atoms with Crippen molar-refractivity contribution in [3.05, 3.63) is 29.6 Å². The third kappa shape index (κ3) is 4.29. The van der Waals surface area contributed by atoms with Crippen molar-refractivity contribution in [2.45, 2.75) is 45.4 Å². The molecule has 2 nitrogen and oxygen atoms in total. The summed E-state index contributed by atoms with van der Waals surface area (Å²) in [6.45, 7) is 2.01. The Kier molecular flexibility index (Phi) is 5.80. The zero-order chi connectivity index (χ0) is 15.3. The fourth-order valence-electron chi connectivity index (χ4n) is 2.93. The van der Waals surface area contributed by atoms with Crippen LogP contribution in [-0.2, 0) is 0 Å². The zero-order valence-electron chi connectivity index (χ0n) is 12.5. The molecule has 0 bridgehead atoms. The van der Waals surface area contributed by atoms with Gasteiger partial charge in [-0.05, 0) is 38.0 Å². The highest BCUT2D eigenvalue weighted by molar-refractivity contribution is 9.09. The minimum atomic E-state index is -0.405. The molecule has 1 fully saturated rings. The molecule has 4 heteroatoms. The van der Waals surface area contributed by atoms with Crippen molar-refractivity contribution in [3.8, 4) is 5.75 Å². The smallest absolute Gasteiger partial charge is 0.163 e. The molecule has 116 valence electrons. The average molecular weight is 357 g/mol. The van der Waals surface area contributed by atoms with E-state index in [1.807, 2.05) is 0 Å². The van der Waals surface area contributed by atoms with E-state index in [1.165, 1.54) is 44.7 Å². The van der Waals surface area contributed by atoms with Gasteiger partial charge in [-0.15, -0.1) is 0 Å². The number of ether oxygens (including phenoxy) is 1. The molecule has 0 N–H and O–H groups in total. The highest BCUT2D eigenvalue weighted by Crippen LogP contribution is 2.37. The minimum Gasteiger partial charge on any atom is -0.492 e. The van der Waals surface area contributed by atoms with Crippen LogP contribution in [0.1, 0.15) is 55.8 Å². The van der Waals surface area contributed by atoms with Crippen LogP contribution in [-0.4, -0.2) is 17.7 Å². The molecule has 1 aliphatic carbocycles. The molecule has 1 saturated carbocycles. The number of carbonyl (C=O) groups is 1. The molecule has 0 saturated heterocycles. The molecule has 0 aromatic heterocycles. The standard InChI is InChI=1S/C17H22BrFO2/c1-13(20)15-10-14(19)6-7-16(15)21-12-17(11-18)8-4-2-3-5-9-17/h6-7,10H,2-5,8-9,11-12H2,1H3. The summed E-state index contributed by atoms with van der Waals surface area (Å²) in [5.41, 5.74) is 0.451. The molecule has 1 aliphatic rings. The molecule has 0 unspecified atom stereocenters. The zero-order valence-corrected chi connectivity index (χ0v) is 14.0. The van der Waals surface area contributed by atoms with Crippen LogP contribution in [0.15, 0.2) is 18.2 Å². The topological polar surface area (TPSA) is 26.3 Å². The van der Waals surface area contributed by atoms with Crippen molar-refractivity contribution < 1.29 is 13.9 Å². The van der Waals surface area contributed by atoms with Crippen LogP contribution >= 0.6 is 15.9 Å². The van der Waals surface area contributed by atoms with Gasteiger partial charge in [-0.2, -0.15) is 0 Å². The molecule has 0 amide bonds. The number of hydrogen-bond acceptors (Lipinski definition) is 2. The molecule has 1 aromatic carbocycles. The minimum absolute atomic E-state index is 0.124. The molecule has 0 heterocycles. The average Bonchev–Trinajstić information content (AvgIpc) is 2.72. The van der Waals surface area contributed by atoms with Crippen LogP contribution in [0.5, 0.6) is 5.75 Å². The lowest BCUT2D eigenvalue weighted by Crippen LogP contribution is -2.30. The van der Waals surface area contributed by atoms with Gasteiger partial charge in [0.2, 0.25) is 0 Å². The van der Waals surface area contributed by atoms with E-state index in [0.717, 1.165) is 18.2 Å². The summed E-state index contributed by atoms with van der Waals surface area (Å²) >= 11 is 3.63. The first kappa shape index (κ1) is 16.5. The van der Waals surface area contributed by atoms with Crippen molar-refractivity contribution in [2.75, 3.05) is 11.9 Å². The predicted molar refractivity (Wildman–Crippen MR) is 85.8 cm³/mol. The lowest BCUT2D eigenvalue weighted by atomic mass is 9.83. The number of carbonyl (C=O) groups excluding carboxylic acids is 1. The Bertz CT molecular complexity index is 494. The SMILES string of the molecule is CC(=O)c1cc(F)ccc1OCC1(CBr)CCCCCC1. The number of ketones is 1.